The van der Waals surface area contributed by atoms with Crippen molar-refractivity contribution in [3.05, 3.63) is 83.9 Å². The number of nitrogens with zero attached hydrogens (tertiary/aromatic N) is 1. The fourth-order valence-electron chi connectivity index (χ4n) is 3.04. The Hall–Kier alpha value is -3.93. The van der Waals surface area contributed by atoms with Gasteiger partial charge in [0.25, 0.3) is 5.91 Å². The van der Waals surface area contributed by atoms with Crippen molar-refractivity contribution in [3.63, 3.8) is 0 Å². The first-order chi connectivity index (χ1) is 15.0. The van der Waals surface area contributed by atoms with Crippen LogP contribution in [0, 0.1) is 6.92 Å². The molecule has 158 valence electrons. The van der Waals surface area contributed by atoms with Gasteiger partial charge >= 0.3 is 0 Å². The molecule has 3 aromatic rings. The lowest BCUT2D eigenvalue weighted by Gasteiger charge is -2.11. The van der Waals surface area contributed by atoms with Crippen LogP contribution in [0.4, 0.5) is 5.69 Å². The molecule has 0 bridgehead atoms. The third-order valence-electron chi connectivity index (χ3n) is 4.65. The average Bonchev–Trinajstić information content (AvgIpc) is 2.78. The highest BCUT2D eigenvalue weighted by atomic mass is 16.5. The number of aryl methyl sites for hydroxylation is 1. The highest BCUT2D eigenvalue weighted by molar-refractivity contribution is 6.06. The van der Waals surface area contributed by atoms with Crippen molar-refractivity contribution >= 4 is 23.2 Å². The van der Waals surface area contributed by atoms with E-state index in [9.17, 15) is 9.59 Å². The van der Waals surface area contributed by atoms with Gasteiger partial charge in [0.05, 0.1) is 19.2 Å². The number of anilines is 1. The molecule has 0 fully saturated rings. The summed E-state index contributed by atoms with van der Waals surface area (Å²) in [6.45, 7) is 3.62. The number of benzene rings is 3. The van der Waals surface area contributed by atoms with Gasteiger partial charge < -0.3 is 10.1 Å². The zero-order valence-corrected chi connectivity index (χ0v) is 17.8. The summed E-state index contributed by atoms with van der Waals surface area (Å²) in [7, 11) is 1.55. The summed E-state index contributed by atoms with van der Waals surface area (Å²) >= 11 is 0. The predicted octanol–water partition coefficient (Wildman–Crippen LogP) is 4.81. The molecule has 0 heterocycles. The molecule has 6 heteroatoms. The molecule has 0 atom stereocenters. The Morgan fingerprint density at radius 3 is 2.29 bits per heavy atom. The minimum Gasteiger partial charge on any atom is -0.495 e. The van der Waals surface area contributed by atoms with Crippen molar-refractivity contribution in [2.45, 2.75) is 20.3 Å². The quantitative estimate of drug-likeness (QED) is 0.429. The number of amides is 2. The molecule has 0 aliphatic carbocycles. The molecule has 0 unspecified atom stereocenters. The van der Waals surface area contributed by atoms with Crippen LogP contribution >= 0.6 is 0 Å². The molecule has 0 aliphatic rings. The molecule has 0 radical (unpaired) electrons. The minimum absolute atomic E-state index is 0.0460. The maximum Gasteiger partial charge on any atom is 0.271 e. The normalized spacial score (nSPS) is 11.0. The van der Waals surface area contributed by atoms with Crippen LogP contribution in [-0.4, -0.2) is 24.6 Å². The summed E-state index contributed by atoms with van der Waals surface area (Å²) < 4.78 is 5.27. The van der Waals surface area contributed by atoms with Crippen molar-refractivity contribution in [2.75, 3.05) is 12.4 Å². The second-order valence-corrected chi connectivity index (χ2v) is 7.16. The van der Waals surface area contributed by atoms with Crippen LogP contribution < -0.4 is 15.5 Å². The summed E-state index contributed by atoms with van der Waals surface area (Å²) in [5.74, 6) is 0.00660. The summed E-state index contributed by atoms with van der Waals surface area (Å²) in [5, 5.41) is 6.86. The van der Waals surface area contributed by atoms with Gasteiger partial charge in [-0.2, -0.15) is 5.10 Å². The smallest absolute Gasteiger partial charge is 0.271 e. The van der Waals surface area contributed by atoms with Gasteiger partial charge in [-0.3, -0.25) is 9.59 Å². The lowest BCUT2D eigenvalue weighted by molar-refractivity contribution is -0.115. The average molecular weight is 415 g/mol. The molecule has 3 aromatic carbocycles. The first-order valence-corrected chi connectivity index (χ1v) is 9.90. The van der Waals surface area contributed by atoms with Crippen molar-refractivity contribution in [2.24, 2.45) is 5.10 Å². The zero-order valence-electron chi connectivity index (χ0n) is 17.8. The van der Waals surface area contributed by atoms with Gasteiger partial charge in [0.1, 0.15) is 5.75 Å². The number of hydrazone groups is 1. The van der Waals surface area contributed by atoms with Gasteiger partial charge in [0, 0.05) is 11.3 Å². The molecule has 6 nitrogen and oxygen atoms in total. The Labute approximate surface area is 182 Å². The van der Waals surface area contributed by atoms with Crippen LogP contribution in [0.1, 0.15) is 29.3 Å². The molecule has 0 aromatic heterocycles. The number of carbonyl (C=O) groups is 2. The Morgan fingerprint density at radius 2 is 1.61 bits per heavy atom. The molecule has 0 saturated carbocycles. The van der Waals surface area contributed by atoms with E-state index in [2.05, 4.69) is 15.8 Å². The Morgan fingerprint density at radius 1 is 0.935 bits per heavy atom. The topological polar surface area (TPSA) is 79.8 Å². The molecule has 31 heavy (non-hydrogen) atoms. The van der Waals surface area contributed by atoms with E-state index in [4.69, 9.17) is 4.74 Å². The molecule has 2 N–H and O–H groups in total. The SMILES string of the molecule is COc1ccc(C)cc1NC(=O)C/C(C)=N/NC(=O)c1ccc(-c2ccccc2)cc1. The number of hydrogen-bond donors (Lipinski definition) is 2. The predicted molar refractivity (Wildman–Crippen MR) is 123 cm³/mol. The van der Waals surface area contributed by atoms with E-state index >= 15 is 0 Å². The van der Waals surface area contributed by atoms with Gasteiger partial charge in [-0.25, -0.2) is 5.43 Å². The number of nitrogens with one attached hydrogen (secondary N) is 2. The largest absolute Gasteiger partial charge is 0.495 e. The van der Waals surface area contributed by atoms with E-state index in [1.165, 1.54) is 0 Å². The number of methoxy groups -OCH3 is 1. The molecule has 3 rings (SSSR count). The fraction of sp³-hybridized carbons (Fsp3) is 0.160. The van der Waals surface area contributed by atoms with E-state index in [0.717, 1.165) is 16.7 Å². The van der Waals surface area contributed by atoms with Crippen molar-refractivity contribution in [3.8, 4) is 16.9 Å². The fourth-order valence-corrected chi connectivity index (χ4v) is 3.04. The number of hydrogen-bond acceptors (Lipinski definition) is 4. The second kappa shape index (κ2) is 10.2. The Bertz CT molecular complexity index is 1090. The van der Waals surface area contributed by atoms with Gasteiger partial charge in [0.2, 0.25) is 5.91 Å². The highest BCUT2D eigenvalue weighted by Gasteiger charge is 2.10. The summed E-state index contributed by atoms with van der Waals surface area (Å²) in [4.78, 5) is 24.7. The van der Waals surface area contributed by atoms with Gasteiger partial charge in [0.15, 0.2) is 0 Å². The maximum atomic E-state index is 12.4. The zero-order chi connectivity index (χ0) is 22.2. The van der Waals surface area contributed by atoms with Crippen LogP contribution in [0.5, 0.6) is 5.75 Å². The first kappa shape index (κ1) is 21.8. The van der Waals surface area contributed by atoms with E-state index < -0.39 is 0 Å². The molecular formula is C25H25N3O3. The molecular weight excluding hydrogens is 390 g/mol. The summed E-state index contributed by atoms with van der Waals surface area (Å²) in [5.41, 5.74) is 7.20. The van der Waals surface area contributed by atoms with Crippen LogP contribution in [0.2, 0.25) is 0 Å². The Balaban J connectivity index is 1.57. The lowest BCUT2D eigenvalue weighted by atomic mass is 10.0. The molecule has 2 amide bonds. The first-order valence-electron chi connectivity index (χ1n) is 9.90. The number of rotatable bonds is 7. The van der Waals surface area contributed by atoms with E-state index in [-0.39, 0.29) is 18.2 Å². The number of ether oxygens (including phenoxy) is 1. The van der Waals surface area contributed by atoms with E-state index in [1.54, 1.807) is 32.2 Å². The maximum absolute atomic E-state index is 12.4. The van der Waals surface area contributed by atoms with Crippen LogP contribution in [0.25, 0.3) is 11.1 Å². The monoisotopic (exact) mass is 415 g/mol. The second-order valence-electron chi connectivity index (χ2n) is 7.16. The summed E-state index contributed by atoms with van der Waals surface area (Å²) in [6.07, 6.45) is 0.0460. The van der Waals surface area contributed by atoms with Crippen molar-refractivity contribution < 1.29 is 14.3 Å². The van der Waals surface area contributed by atoms with E-state index in [1.807, 2.05) is 61.5 Å². The van der Waals surface area contributed by atoms with Gasteiger partial charge in [-0.1, -0.05) is 48.5 Å². The molecule has 0 aliphatic heterocycles. The Kier molecular flexibility index (Phi) is 7.17. The molecule has 0 spiro atoms. The van der Waals surface area contributed by atoms with Crippen LogP contribution in [0.15, 0.2) is 77.9 Å². The van der Waals surface area contributed by atoms with Crippen molar-refractivity contribution in [1.82, 2.24) is 5.43 Å². The third kappa shape index (κ3) is 6.02. The lowest BCUT2D eigenvalue weighted by Crippen LogP contribution is -2.21. The minimum atomic E-state index is -0.334. The molecule has 0 saturated heterocycles. The third-order valence-corrected chi connectivity index (χ3v) is 4.65. The van der Waals surface area contributed by atoms with Crippen LogP contribution in [-0.2, 0) is 4.79 Å². The number of carbonyl (C=O) groups excluding carboxylic acids is 2. The summed E-state index contributed by atoms with van der Waals surface area (Å²) in [6, 6.07) is 22.8. The standard InChI is InChI=1S/C25H25N3O3/c1-17-9-14-23(31-3)22(15-17)26-24(29)16-18(2)27-28-25(30)21-12-10-20(11-13-21)19-7-5-4-6-8-19/h4-15H,16H2,1-3H3,(H,26,29)(H,28,30)/b27-18+. The van der Waals surface area contributed by atoms with Gasteiger partial charge in [-0.05, 0) is 54.8 Å². The van der Waals surface area contributed by atoms with E-state index in [0.29, 0.717) is 22.7 Å². The van der Waals surface area contributed by atoms with Gasteiger partial charge in [-0.15, -0.1) is 0 Å². The van der Waals surface area contributed by atoms with Crippen LogP contribution in [0.3, 0.4) is 0 Å². The van der Waals surface area contributed by atoms with Crippen molar-refractivity contribution in [1.29, 1.82) is 0 Å². The highest BCUT2D eigenvalue weighted by Crippen LogP contribution is 2.25.